The van der Waals surface area contributed by atoms with E-state index in [1.807, 2.05) is 23.5 Å². The minimum Gasteiger partial charge on any atom is -0.455 e. The van der Waals surface area contributed by atoms with Gasteiger partial charge in [-0.05, 0) is 53.6 Å². The zero-order valence-corrected chi connectivity index (χ0v) is 22.2. The summed E-state index contributed by atoms with van der Waals surface area (Å²) in [4.78, 5) is 0. The Kier molecular flexibility index (Phi) is 4.35. The zero-order chi connectivity index (χ0) is 26.4. The van der Waals surface area contributed by atoms with Crippen molar-refractivity contribution in [3.05, 3.63) is 121 Å². The van der Waals surface area contributed by atoms with Gasteiger partial charge in [0, 0.05) is 36.3 Å². The molecule has 0 aliphatic carbocycles. The van der Waals surface area contributed by atoms with Crippen molar-refractivity contribution in [2.24, 2.45) is 0 Å². The Morgan fingerprint density at radius 2 is 1.38 bits per heavy atom. The number of para-hydroxylation sites is 2. The second-order valence-corrected chi connectivity index (χ2v) is 11.4. The van der Waals surface area contributed by atoms with E-state index in [9.17, 15) is 0 Å². The van der Waals surface area contributed by atoms with E-state index in [-0.39, 0.29) is 0 Å². The van der Waals surface area contributed by atoms with Gasteiger partial charge in [-0.2, -0.15) is 0 Å². The van der Waals surface area contributed by atoms with Crippen LogP contribution in [-0.4, -0.2) is 4.57 Å². The van der Waals surface area contributed by atoms with Crippen molar-refractivity contribution >= 4 is 80.9 Å². The number of anilines is 1. The molecule has 0 atom stereocenters. The van der Waals surface area contributed by atoms with Gasteiger partial charge in [-0.3, -0.25) is 0 Å². The fraction of sp³-hybridized carbons (Fsp3) is 0. The number of nitrogen functional groups attached to an aromatic ring is 1. The minimum absolute atomic E-state index is 0.739. The molecule has 188 valence electrons. The van der Waals surface area contributed by atoms with E-state index in [0.717, 1.165) is 60.7 Å². The van der Waals surface area contributed by atoms with Crippen LogP contribution in [-0.2, 0) is 0 Å². The fourth-order valence-electron chi connectivity index (χ4n) is 6.39. The average Bonchev–Trinajstić information content (AvgIpc) is 3.66. The molecule has 9 aromatic rings. The van der Waals surface area contributed by atoms with Gasteiger partial charge >= 0.3 is 0 Å². The smallest absolute Gasteiger partial charge is 0.145 e. The maximum atomic E-state index is 6.88. The number of thiophene rings is 1. The summed E-state index contributed by atoms with van der Waals surface area (Å²) >= 11 is 1.84. The molecular formula is C36H22N2OS. The summed E-state index contributed by atoms with van der Waals surface area (Å²) in [6.45, 7) is 0. The number of benzene rings is 6. The van der Waals surface area contributed by atoms with Gasteiger partial charge < -0.3 is 14.7 Å². The third-order valence-electron chi connectivity index (χ3n) is 8.16. The molecule has 0 saturated carbocycles. The summed E-state index contributed by atoms with van der Waals surface area (Å²) in [6, 6.07) is 42.8. The summed E-state index contributed by atoms with van der Waals surface area (Å²) < 4.78 is 11.3. The molecular weight excluding hydrogens is 508 g/mol. The number of fused-ring (bicyclic) bond motifs is 10. The average molecular weight is 531 g/mol. The second kappa shape index (κ2) is 7.98. The Hall–Kier alpha value is -5.06. The summed E-state index contributed by atoms with van der Waals surface area (Å²) in [5.41, 5.74) is 14.9. The SMILES string of the molecule is Nc1cc(-c2cccc3c2sc2ccccc23)ccc1-n1c2ccccc2c2c3oc4ccccc4c3ccc21. The summed E-state index contributed by atoms with van der Waals surface area (Å²) in [5.74, 6) is 0. The van der Waals surface area contributed by atoms with Gasteiger partial charge in [0.2, 0.25) is 0 Å². The van der Waals surface area contributed by atoms with Gasteiger partial charge in [-0.15, -0.1) is 11.3 Å². The highest BCUT2D eigenvalue weighted by Crippen LogP contribution is 2.43. The van der Waals surface area contributed by atoms with Crippen molar-refractivity contribution < 1.29 is 4.42 Å². The zero-order valence-electron chi connectivity index (χ0n) is 21.4. The third-order valence-corrected chi connectivity index (χ3v) is 9.38. The third kappa shape index (κ3) is 2.88. The first-order valence-corrected chi connectivity index (χ1v) is 14.2. The maximum absolute atomic E-state index is 6.88. The Morgan fingerprint density at radius 1 is 0.600 bits per heavy atom. The lowest BCUT2D eigenvalue weighted by Gasteiger charge is -2.13. The topological polar surface area (TPSA) is 44.1 Å². The molecule has 6 aromatic carbocycles. The molecule has 0 unspecified atom stereocenters. The first-order valence-electron chi connectivity index (χ1n) is 13.4. The molecule has 0 amide bonds. The van der Waals surface area contributed by atoms with Crippen LogP contribution in [0.4, 0.5) is 5.69 Å². The van der Waals surface area contributed by atoms with E-state index in [4.69, 9.17) is 10.2 Å². The number of nitrogens with two attached hydrogens (primary N) is 1. The number of hydrogen-bond acceptors (Lipinski definition) is 3. The van der Waals surface area contributed by atoms with Crippen LogP contribution in [0.25, 0.3) is 80.7 Å². The monoisotopic (exact) mass is 530 g/mol. The highest BCUT2D eigenvalue weighted by molar-refractivity contribution is 7.26. The predicted octanol–water partition coefficient (Wildman–Crippen LogP) is 10.3. The Labute approximate surface area is 233 Å². The van der Waals surface area contributed by atoms with Crippen LogP contribution < -0.4 is 5.73 Å². The van der Waals surface area contributed by atoms with Gasteiger partial charge in [-0.25, -0.2) is 0 Å². The van der Waals surface area contributed by atoms with Crippen LogP contribution in [0.5, 0.6) is 0 Å². The van der Waals surface area contributed by atoms with Crippen molar-refractivity contribution in [2.45, 2.75) is 0 Å². The molecule has 40 heavy (non-hydrogen) atoms. The van der Waals surface area contributed by atoms with Gasteiger partial charge in [0.15, 0.2) is 0 Å². The molecule has 0 spiro atoms. The van der Waals surface area contributed by atoms with Gasteiger partial charge in [0.25, 0.3) is 0 Å². The van der Waals surface area contributed by atoms with E-state index in [2.05, 4.69) is 114 Å². The summed E-state index contributed by atoms with van der Waals surface area (Å²) in [5, 5.41) is 7.12. The van der Waals surface area contributed by atoms with E-state index in [1.54, 1.807) is 0 Å². The van der Waals surface area contributed by atoms with Crippen molar-refractivity contribution in [3.63, 3.8) is 0 Å². The van der Waals surface area contributed by atoms with Crippen LogP contribution in [0.2, 0.25) is 0 Å². The van der Waals surface area contributed by atoms with Gasteiger partial charge in [0.05, 0.1) is 27.8 Å². The maximum Gasteiger partial charge on any atom is 0.145 e. The number of aromatic nitrogens is 1. The van der Waals surface area contributed by atoms with E-state index in [1.165, 1.54) is 25.7 Å². The molecule has 0 saturated heterocycles. The van der Waals surface area contributed by atoms with E-state index < -0.39 is 0 Å². The first kappa shape index (κ1) is 21.8. The van der Waals surface area contributed by atoms with Crippen LogP contribution in [0, 0.1) is 0 Å². The lowest BCUT2D eigenvalue weighted by atomic mass is 10.0. The summed E-state index contributed by atoms with van der Waals surface area (Å²) in [7, 11) is 0. The normalized spacial score (nSPS) is 12.1. The highest BCUT2D eigenvalue weighted by atomic mass is 32.1. The van der Waals surface area contributed by atoms with Crippen LogP contribution >= 0.6 is 11.3 Å². The molecule has 0 radical (unpaired) electrons. The number of hydrogen-bond donors (Lipinski definition) is 1. The standard InChI is InChI=1S/C36H22N2OS/c37-28-20-21(22-11-7-12-26-24-9-3-6-15-33(24)40-36(22)26)16-18-30(28)38-29-13-4-1-10-27(29)34-31(38)19-17-25-23-8-2-5-14-32(23)39-35(25)34/h1-20H,37H2. The molecule has 3 nitrogen and oxygen atoms in total. The van der Waals surface area contributed by atoms with Crippen molar-refractivity contribution in [2.75, 3.05) is 5.73 Å². The molecule has 2 N–H and O–H groups in total. The Morgan fingerprint density at radius 3 is 2.27 bits per heavy atom. The molecule has 4 heteroatoms. The van der Waals surface area contributed by atoms with E-state index >= 15 is 0 Å². The highest BCUT2D eigenvalue weighted by Gasteiger charge is 2.20. The first-order chi connectivity index (χ1) is 19.8. The van der Waals surface area contributed by atoms with Crippen LogP contribution in [0.15, 0.2) is 126 Å². The molecule has 3 aromatic heterocycles. The number of rotatable bonds is 2. The van der Waals surface area contributed by atoms with Crippen LogP contribution in [0.1, 0.15) is 0 Å². The molecule has 9 rings (SSSR count). The number of nitrogens with zero attached hydrogens (tertiary/aromatic N) is 1. The second-order valence-electron chi connectivity index (χ2n) is 10.3. The molecule has 0 aliphatic heterocycles. The van der Waals surface area contributed by atoms with E-state index in [0.29, 0.717) is 0 Å². The molecule has 0 fully saturated rings. The quantitative estimate of drug-likeness (QED) is 0.226. The fourth-order valence-corrected chi connectivity index (χ4v) is 7.63. The van der Waals surface area contributed by atoms with Crippen molar-refractivity contribution in [1.82, 2.24) is 4.57 Å². The van der Waals surface area contributed by atoms with Gasteiger partial charge in [-0.1, -0.05) is 78.9 Å². The molecule has 3 heterocycles. The lowest BCUT2D eigenvalue weighted by molar-refractivity contribution is 0.673. The molecule has 0 bridgehead atoms. The van der Waals surface area contributed by atoms with Crippen LogP contribution in [0.3, 0.4) is 0 Å². The predicted molar refractivity (Wildman–Crippen MR) is 171 cm³/mol. The lowest BCUT2D eigenvalue weighted by Crippen LogP contribution is -2.00. The Bertz CT molecular complexity index is 2460. The minimum atomic E-state index is 0.739. The van der Waals surface area contributed by atoms with Gasteiger partial charge in [0.1, 0.15) is 11.2 Å². The summed E-state index contributed by atoms with van der Waals surface area (Å²) in [6.07, 6.45) is 0. The Balaban J connectivity index is 1.29. The largest absolute Gasteiger partial charge is 0.455 e. The van der Waals surface area contributed by atoms with Crippen molar-refractivity contribution in [1.29, 1.82) is 0 Å². The number of furan rings is 1. The molecule has 0 aliphatic rings. The van der Waals surface area contributed by atoms with Crippen molar-refractivity contribution in [3.8, 4) is 16.8 Å².